The van der Waals surface area contributed by atoms with Crippen molar-refractivity contribution in [1.29, 1.82) is 0 Å². The van der Waals surface area contributed by atoms with Crippen LogP contribution < -0.4 is 5.32 Å². The molecule has 0 fully saturated rings. The number of rotatable bonds is 2. The number of fused-ring (bicyclic) bond motifs is 2. The molecule has 0 saturated carbocycles. The highest BCUT2D eigenvalue weighted by Crippen LogP contribution is 2.28. The summed E-state index contributed by atoms with van der Waals surface area (Å²) in [5, 5.41) is 4.34. The molecule has 0 unspecified atom stereocenters. The Balaban J connectivity index is 1.74. The minimum absolute atomic E-state index is 0.488. The number of nitrogens with zero attached hydrogens (tertiary/aromatic N) is 1. The third-order valence-corrected chi connectivity index (χ3v) is 3.80. The van der Waals surface area contributed by atoms with Gasteiger partial charge >= 0.3 is 0 Å². The molecule has 5 heteroatoms. The monoisotopic (exact) mass is 327 g/mol. The summed E-state index contributed by atoms with van der Waals surface area (Å²) in [5.74, 6) is 0. The summed E-state index contributed by atoms with van der Waals surface area (Å²) < 4.78 is 6.62. The molecule has 4 rings (SSSR count). The van der Waals surface area contributed by atoms with Crippen molar-refractivity contribution in [3.05, 3.63) is 53.1 Å². The van der Waals surface area contributed by atoms with E-state index in [2.05, 4.69) is 37.3 Å². The van der Waals surface area contributed by atoms with Gasteiger partial charge in [-0.3, -0.25) is 0 Å². The molecule has 2 aromatic carbocycles. The molecule has 4 aromatic rings. The molecule has 2 aromatic heterocycles. The molecule has 0 atom stereocenters. The zero-order chi connectivity index (χ0) is 13.5. The third-order valence-electron chi connectivity index (χ3n) is 3.17. The van der Waals surface area contributed by atoms with Crippen LogP contribution in [0.15, 0.2) is 57.6 Å². The number of aromatic amines is 1. The Labute approximate surface area is 122 Å². The Morgan fingerprint density at radius 1 is 1.15 bits per heavy atom. The molecule has 0 aliphatic heterocycles. The molecule has 0 radical (unpaired) electrons. The average Bonchev–Trinajstić information content (AvgIpc) is 3.05. The zero-order valence-electron chi connectivity index (χ0n) is 10.4. The first-order valence-corrected chi connectivity index (χ1v) is 6.98. The highest BCUT2D eigenvalue weighted by atomic mass is 79.9. The molecule has 0 aliphatic rings. The lowest BCUT2D eigenvalue weighted by Gasteiger charge is -2.01. The van der Waals surface area contributed by atoms with Crippen LogP contribution >= 0.6 is 15.9 Å². The van der Waals surface area contributed by atoms with Crippen LogP contribution in [-0.4, -0.2) is 9.97 Å². The predicted octanol–water partition coefficient (Wildman–Crippen LogP) is 4.82. The van der Waals surface area contributed by atoms with Gasteiger partial charge in [0.1, 0.15) is 5.52 Å². The first kappa shape index (κ1) is 11.5. The van der Waals surface area contributed by atoms with Gasteiger partial charge in [0, 0.05) is 22.8 Å². The maximum absolute atomic E-state index is 5.72. The van der Waals surface area contributed by atoms with Crippen LogP contribution in [0.5, 0.6) is 0 Å². The van der Waals surface area contributed by atoms with Crippen molar-refractivity contribution in [2.24, 2.45) is 0 Å². The molecule has 0 amide bonds. The van der Waals surface area contributed by atoms with Crippen molar-refractivity contribution >= 4 is 49.6 Å². The van der Waals surface area contributed by atoms with Crippen LogP contribution in [0, 0.1) is 0 Å². The number of halogens is 1. The highest BCUT2D eigenvalue weighted by Gasteiger charge is 2.08. The Bertz CT molecular complexity index is 910. The van der Waals surface area contributed by atoms with Crippen molar-refractivity contribution < 1.29 is 4.42 Å². The van der Waals surface area contributed by atoms with Crippen molar-refractivity contribution in [2.75, 3.05) is 5.32 Å². The second-order valence-corrected chi connectivity index (χ2v) is 5.37. The summed E-state index contributed by atoms with van der Waals surface area (Å²) >= 11 is 3.46. The second-order valence-electron chi connectivity index (χ2n) is 4.51. The lowest BCUT2D eigenvalue weighted by atomic mass is 10.2. The minimum Gasteiger partial charge on any atom is -0.422 e. The molecule has 98 valence electrons. The van der Waals surface area contributed by atoms with E-state index in [1.807, 2.05) is 42.6 Å². The van der Waals surface area contributed by atoms with Gasteiger partial charge in [0.15, 0.2) is 5.58 Å². The van der Waals surface area contributed by atoms with Crippen LogP contribution in [0.3, 0.4) is 0 Å². The molecular formula is C15H10BrN3O. The van der Waals surface area contributed by atoms with Crippen molar-refractivity contribution in [3.63, 3.8) is 0 Å². The highest BCUT2D eigenvalue weighted by molar-refractivity contribution is 9.10. The summed E-state index contributed by atoms with van der Waals surface area (Å²) in [5.41, 5.74) is 3.62. The fourth-order valence-corrected chi connectivity index (χ4v) is 2.66. The van der Waals surface area contributed by atoms with Gasteiger partial charge in [0.2, 0.25) is 0 Å². The van der Waals surface area contributed by atoms with E-state index < -0.39 is 0 Å². The number of H-pyrrole nitrogens is 1. The van der Waals surface area contributed by atoms with Crippen LogP contribution in [0.25, 0.3) is 22.0 Å². The Morgan fingerprint density at radius 3 is 3.00 bits per heavy atom. The maximum atomic E-state index is 5.72. The number of nitrogens with one attached hydrogen (secondary N) is 2. The minimum atomic E-state index is 0.488. The van der Waals surface area contributed by atoms with Crippen LogP contribution in [0.1, 0.15) is 0 Å². The molecule has 2 N–H and O–H groups in total. The Morgan fingerprint density at radius 2 is 2.10 bits per heavy atom. The average molecular weight is 328 g/mol. The normalized spacial score (nSPS) is 11.2. The fourth-order valence-electron chi connectivity index (χ4n) is 2.22. The number of hydrogen-bond donors (Lipinski definition) is 2. The van der Waals surface area contributed by atoms with E-state index >= 15 is 0 Å². The van der Waals surface area contributed by atoms with Gasteiger partial charge in [-0.25, -0.2) is 0 Å². The standard InChI is InChI=1S/C15H10BrN3O/c16-11-2-1-3-13-14(11)20-15(19-13)18-10-4-5-12-9(8-10)6-7-17-12/h1-8,17H,(H,18,19). The van der Waals surface area contributed by atoms with Crippen LogP contribution in [-0.2, 0) is 0 Å². The first-order chi connectivity index (χ1) is 9.79. The lowest BCUT2D eigenvalue weighted by Crippen LogP contribution is -1.89. The second kappa shape index (κ2) is 4.38. The summed E-state index contributed by atoms with van der Waals surface area (Å²) in [6.07, 6.45) is 1.92. The van der Waals surface area contributed by atoms with Gasteiger partial charge in [0.05, 0.1) is 4.47 Å². The number of benzene rings is 2. The summed E-state index contributed by atoms with van der Waals surface area (Å²) in [7, 11) is 0. The van der Waals surface area contributed by atoms with Crippen molar-refractivity contribution in [2.45, 2.75) is 0 Å². The molecule has 0 bridgehead atoms. The van der Waals surface area contributed by atoms with Crippen molar-refractivity contribution in [1.82, 2.24) is 9.97 Å². The van der Waals surface area contributed by atoms with E-state index in [-0.39, 0.29) is 0 Å². The van der Waals surface area contributed by atoms with Gasteiger partial charge in [-0.15, -0.1) is 0 Å². The van der Waals surface area contributed by atoms with Crippen molar-refractivity contribution in [3.8, 4) is 0 Å². The van der Waals surface area contributed by atoms with E-state index in [0.29, 0.717) is 6.01 Å². The summed E-state index contributed by atoms with van der Waals surface area (Å²) in [4.78, 5) is 7.59. The topological polar surface area (TPSA) is 53.9 Å². The molecule has 4 nitrogen and oxygen atoms in total. The van der Waals surface area contributed by atoms with Crippen LogP contribution in [0.4, 0.5) is 11.7 Å². The molecule has 2 heterocycles. The number of para-hydroxylation sites is 1. The van der Waals surface area contributed by atoms with Gasteiger partial charge in [0.25, 0.3) is 6.01 Å². The molecular weight excluding hydrogens is 318 g/mol. The Kier molecular flexibility index (Phi) is 2.53. The number of oxazole rings is 1. The van der Waals surface area contributed by atoms with Gasteiger partial charge in [-0.2, -0.15) is 4.98 Å². The quantitative estimate of drug-likeness (QED) is 0.555. The van der Waals surface area contributed by atoms with Crippen LogP contribution in [0.2, 0.25) is 0 Å². The number of hydrogen-bond acceptors (Lipinski definition) is 3. The molecule has 0 aliphatic carbocycles. The van der Waals surface area contributed by atoms with Gasteiger partial charge in [-0.1, -0.05) is 6.07 Å². The fraction of sp³-hybridized carbons (Fsp3) is 0. The van der Waals surface area contributed by atoms with E-state index in [9.17, 15) is 0 Å². The number of aromatic nitrogens is 2. The third kappa shape index (κ3) is 1.87. The largest absolute Gasteiger partial charge is 0.422 e. The van der Waals surface area contributed by atoms with E-state index in [4.69, 9.17) is 4.42 Å². The zero-order valence-corrected chi connectivity index (χ0v) is 11.9. The summed E-state index contributed by atoms with van der Waals surface area (Å²) in [6.45, 7) is 0. The van der Waals surface area contributed by atoms with E-state index in [0.717, 1.165) is 32.2 Å². The smallest absolute Gasteiger partial charge is 0.300 e. The molecule has 20 heavy (non-hydrogen) atoms. The maximum Gasteiger partial charge on any atom is 0.300 e. The van der Waals surface area contributed by atoms with E-state index in [1.165, 1.54) is 0 Å². The summed E-state index contributed by atoms with van der Waals surface area (Å²) in [6, 6.07) is 14.4. The van der Waals surface area contributed by atoms with E-state index in [1.54, 1.807) is 0 Å². The molecule has 0 spiro atoms. The van der Waals surface area contributed by atoms with Gasteiger partial charge < -0.3 is 14.7 Å². The number of anilines is 2. The van der Waals surface area contributed by atoms with Gasteiger partial charge in [-0.05, 0) is 52.3 Å². The lowest BCUT2D eigenvalue weighted by molar-refractivity contribution is 0.621. The first-order valence-electron chi connectivity index (χ1n) is 6.19. The SMILES string of the molecule is Brc1cccc2nc(Nc3ccc4[nH]ccc4c3)oc12. The predicted molar refractivity (Wildman–Crippen MR) is 83.3 cm³/mol. The Hall–Kier alpha value is -2.27. The molecule has 0 saturated heterocycles.